The maximum Gasteiger partial charge on any atom is 0.234 e. The van der Waals surface area contributed by atoms with Gasteiger partial charge in [0.1, 0.15) is 6.42 Å². The number of carbonyl (C=O) groups is 1. The van der Waals surface area contributed by atoms with Crippen molar-refractivity contribution in [3.05, 3.63) is 34.9 Å². The van der Waals surface area contributed by atoms with E-state index in [1.807, 2.05) is 30.3 Å². The van der Waals surface area contributed by atoms with Crippen LogP contribution in [0.25, 0.3) is 0 Å². The van der Waals surface area contributed by atoms with Gasteiger partial charge < -0.3 is 10.2 Å². The third-order valence-electron chi connectivity index (χ3n) is 5.39. The van der Waals surface area contributed by atoms with E-state index in [1.54, 1.807) is 0 Å². The van der Waals surface area contributed by atoms with Crippen molar-refractivity contribution in [2.75, 3.05) is 7.05 Å². The van der Waals surface area contributed by atoms with Gasteiger partial charge in [-0.25, -0.2) is 0 Å². The average Bonchev–Trinajstić information content (AvgIpc) is 2.75. The van der Waals surface area contributed by atoms with Gasteiger partial charge in [-0.2, -0.15) is 5.26 Å². The third kappa shape index (κ3) is 3.52. The highest BCUT2D eigenvalue weighted by molar-refractivity contribution is 6.30. The largest absolute Gasteiger partial charge is 0.348 e. The highest BCUT2D eigenvalue weighted by atomic mass is 35.5. The van der Waals surface area contributed by atoms with E-state index >= 15 is 0 Å². The number of nitriles is 1. The summed E-state index contributed by atoms with van der Waals surface area (Å²) in [4.78, 5) is 14.5. The summed E-state index contributed by atoms with van der Waals surface area (Å²) < 4.78 is 0. The minimum Gasteiger partial charge on any atom is -0.348 e. The lowest BCUT2D eigenvalue weighted by Crippen LogP contribution is -2.44. The molecule has 0 saturated carbocycles. The van der Waals surface area contributed by atoms with Crippen molar-refractivity contribution in [1.29, 1.82) is 5.26 Å². The molecule has 0 aromatic heterocycles. The Morgan fingerprint density at radius 1 is 1.35 bits per heavy atom. The molecule has 2 heterocycles. The Kier molecular flexibility index (Phi) is 4.89. The summed E-state index contributed by atoms with van der Waals surface area (Å²) in [6.07, 6.45) is 4.58. The number of hydrogen-bond donors (Lipinski definition) is 1. The van der Waals surface area contributed by atoms with Gasteiger partial charge in [-0.3, -0.25) is 4.79 Å². The maximum atomic E-state index is 12.0. The van der Waals surface area contributed by atoms with Crippen molar-refractivity contribution in [1.82, 2.24) is 10.2 Å². The number of nitrogens with one attached hydrogen (secondary N) is 1. The Labute approximate surface area is 142 Å². The number of nitrogens with zero attached hydrogens (tertiary/aromatic N) is 2. The number of halogens is 1. The molecule has 0 aliphatic carbocycles. The lowest BCUT2D eigenvalue weighted by molar-refractivity contribution is -0.121. The number of benzene rings is 1. The minimum absolute atomic E-state index is 0.0371. The van der Waals surface area contributed by atoms with Crippen molar-refractivity contribution in [2.45, 2.75) is 50.2 Å². The monoisotopic (exact) mass is 331 g/mol. The van der Waals surface area contributed by atoms with Gasteiger partial charge in [0.05, 0.1) is 12.1 Å². The zero-order valence-corrected chi connectivity index (χ0v) is 14.1. The van der Waals surface area contributed by atoms with Crippen LogP contribution in [0, 0.1) is 17.2 Å². The molecule has 1 N–H and O–H groups in total. The molecule has 1 aromatic carbocycles. The fourth-order valence-electron chi connectivity index (χ4n) is 4.17. The van der Waals surface area contributed by atoms with E-state index in [1.165, 1.54) is 12.8 Å². The number of fused-ring (bicyclic) bond motifs is 2. The molecule has 2 fully saturated rings. The Morgan fingerprint density at radius 3 is 2.52 bits per heavy atom. The van der Waals surface area contributed by atoms with Crippen LogP contribution in [0.5, 0.6) is 0 Å². The summed E-state index contributed by atoms with van der Waals surface area (Å²) in [5, 5.41) is 12.5. The highest BCUT2D eigenvalue weighted by Gasteiger charge is 2.41. The molecule has 1 amide bonds. The predicted molar refractivity (Wildman–Crippen MR) is 89.9 cm³/mol. The number of piperidine rings is 1. The first-order valence-electron chi connectivity index (χ1n) is 8.22. The van der Waals surface area contributed by atoms with Gasteiger partial charge in [0.15, 0.2) is 0 Å². The maximum absolute atomic E-state index is 12.0. The molecular formula is C18H22ClN3O. The van der Waals surface area contributed by atoms with Gasteiger partial charge in [-0.1, -0.05) is 23.7 Å². The molecule has 122 valence electrons. The highest BCUT2D eigenvalue weighted by Crippen LogP contribution is 2.42. The normalized spacial score (nSPS) is 28.1. The number of carbonyl (C=O) groups excluding carboxylic acids is 1. The van der Waals surface area contributed by atoms with Crippen molar-refractivity contribution in [3.63, 3.8) is 0 Å². The molecule has 5 heteroatoms. The quantitative estimate of drug-likeness (QED) is 0.921. The molecule has 2 aliphatic rings. The lowest BCUT2D eigenvalue weighted by Gasteiger charge is -2.40. The standard InChI is InChI=1S/C18H22ClN3O/c1-22-15-6-7-16(22)11-13(10-15)18(21-17(23)8-9-20)12-2-4-14(19)5-3-12/h2-5,13,15-16,18H,6-8,10-11H2,1H3,(H,21,23). The van der Waals surface area contributed by atoms with Gasteiger partial charge in [-0.15, -0.1) is 0 Å². The van der Waals surface area contributed by atoms with Crippen molar-refractivity contribution >= 4 is 17.5 Å². The Morgan fingerprint density at radius 2 is 1.96 bits per heavy atom. The van der Waals surface area contributed by atoms with E-state index < -0.39 is 0 Å². The van der Waals surface area contributed by atoms with Gasteiger partial charge in [0.2, 0.25) is 5.91 Å². The fraction of sp³-hybridized carbons (Fsp3) is 0.556. The second-order valence-electron chi connectivity index (χ2n) is 6.71. The Bertz CT molecular complexity index is 596. The van der Waals surface area contributed by atoms with E-state index in [0.29, 0.717) is 23.0 Å². The van der Waals surface area contributed by atoms with Crippen LogP contribution in [-0.2, 0) is 4.79 Å². The fourth-order valence-corrected chi connectivity index (χ4v) is 4.29. The summed E-state index contributed by atoms with van der Waals surface area (Å²) in [5.74, 6) is 0.214. The van der Waals surface area contributed by atoms with Gasteiger partial charge >= 0.3 is 0 Å². The summed E-state index contributed by atoms with van der Waals surface area (Å²) >= 11 is 6.00. The SMILES string of the molecule is CN1C2CCC1CC(C(NC(=O)CC#N)c1ccc(Cl)cc1)C2. The minimum atomic E-state index is -0.196. The van der Waals surface area contributed by atoms with Crippen LogP contribution in [-0.4, -0.2) is 29.9 Å². The zero-order valence-electron chi connectivity index (χ0n) is 13.3. The molecule has 1 aromatic rings. The van der Waals surface area contributed by atoms with Crippen LogP contribution in [0.1, 0.15) is 43.7 Å². The van der Waals surface area contributed by atoms with Gasteiger partial charge in [0, 0.05) is 17.1 Å². The summed E-state index contributed by atoms with van der Waals surface area (Å²) in [7, 11) is 2.21. The summed E-state index contributed by atoms with van der Waals surface area (Å²) in [6.45, 7) is 0. The van der Waals surface area contributed by atoms with Crippen LogP contribution in [0.15, 0.2) is 24.3 Å². The molecule has 2 saturated heterocycles. The molecule has 23 heavy (non-hydrogen) atoms. The number of amides is 1. The topological polar surface area (TPSA) is 56.1 Å². The van der Waals surface area contributed by atoms with Crippen molar-refractivity contribution in [3.8, 4) is 6.07 Å². The van der Waals surface area contributed by atoms with E-state index in [2.05, 4.69) is 17.3 Å². The van der Waals surface area contributed by atoms with Crippen LogP contribution in [0.3, 0.4) is 0 Å². The Balaban J connectivity index is 1.82. The van der Waals surface area contributed by atoms with E-state index in [4.69, 9.17) is 16.9 Å². The van der Waals surface area contributed by atoms with E-state index in [-0.39, 0.29) is 18.4 Å². The smallest absolute Gasteiger partial charge is 0.234 e. The number of hydrogen-bond acceptors (Lipinski definition) is 3. The van der Waals surface area contributed by atoms with E-state index in [9.17, 15) is 4.79 Å². The first-order valence-corrected chi connectivity index (χ1v) is 8.60. The molecule has 0 spiro atoms. The zero-order chi connectivity index (χ0) is 16.4. The third-order valence-corrected chi connectivity index (χ3v) is 5.64. The second-order valence-corrected chi connectivity index (χ2v) is 7.15. The van der Waals surface area contributed by atoms with Gasteiger partial charge in [-0.05, 0) is 56.3 Å². The summed E-state index contributed by atoms with van der Waals surface area (Å²) in [5.41, 5.74) is 1.08. The summed E-state index contributed by atoms with van der Waals surface area (Å²) in [6, 6.07) is 10.8. The van der Waals surface area contributed by atoms with Crippen LogP contribution in [0.2, 0.25) is 5.02 Å². The van der Waals surface area contributed by atoms with Crippen LogP contribution >= 0.6 is 11.6 Å². The van der Waals surface area contributed by atoms with Crippen LogP contribution < -0.4 is 5.32 Å². The molecule has 4 nitrogen and oxygen atoms in total. The van der Waals surface area contributed by atoms with E-state index in [0.717, 1.165) is 18.4 Å². The first kappa shape index (κ1) is 16.3. The molecule has 3 unspecified atom stereocenters. The van der Waals surface area contributed by atoms with Gasteiger partial charge in [0.25, 0.3) is 0 Å². The Hall–Kier alpha value is -1.57. The molecule has 3 rings (SSSR count). The first-order chi connectivity index (χ1) is 11.1. The molecule has 2 aliphatic heterocycles. The molecule has 3 atom stereocenters. The van der Waals surface area contributed by atoms with Crippen molar-refractivity contribution in [2.24, 2.45) is 5.92 Å². The molecular weight excluding hydrogens is 310 g/mol. The van der Waals surface area contributed by atoms with Crippen molar-refractivity contribution < 1.29 is 4.79 Å². The van der Waals surface area contributed by atoms with Crippen LogP contribution in [0.4, 0.5) is 0 Å². The number of rotatable bonds is 4. The molecule has 0 radical (unpaired) electrons. The second kappa shape index (κ2) is 6.90. The average molecular weight is 332 g/mol. The predicted octanol–water partition coefficient (Wildman–Crippen LogP) is 3.28. The lowest BCUT2D eigenvalue weighted by atomic mass is 9.82. The molecule has 2 bridgehead atoms.